The summed E-state index contributed by atoms with van der Waals surface area (Å²) in [4.78, 5) is 23.8. The van der Waals surface area contributed by atoms with Crippen molar-refractivity contribution in [1.29, 1.82) is 5.26 Å². The van der Waals surface area contributed by atoms with Crippen molar-refractivity contribution in [3.63, 3.8) is 0 Å². The van der Waals surface area contributed by atoms with E-state index in [1.807, 2.05) is 6.07 Å². The Hall–Kier alpha value is -3.53. The summed E-state index contributed by atoms with van der Waals surface area (Å²) in [5, 5.41) is 11.4. The number of esters is 1. The van der Waals surface area contributed by atoms with Crippen molar-refractivity contribution in [2.45, 2.75) is 0 Å². The summed E-state index contributed by atoms with van der Waals surface area (Å²) in [5.74, 6) is -0.128. The topological polar surface area (TPSA) is 97.7 Å². The molecule has 24 heavy (non-hydrogen) atoms. The molecule has 0 radical (unpaired) electrons. The number of carbonyl (C=O) groups excluding carboxylic acids is 2. The molecule has 0 saturated heterocycles. The monoisotopic (exact) mass is 324 g/mol. The van der Waals surface area contributed by atoms with Gasteiger partial charge in [-0.05, 0) is 36.4 Å². The maximum Gasteiger partial charge on any atom is 0.338 e. The summed E-state index contributed by atoms with van der Waals surface area (Å²) in [5.41, 5.74) is 1.14. The molecule has 7 heteroatoms. The summed E-state index contributed by atoms with van der Waals surface area (Å²) in [6.45, 7) is -0.331. The van der Waals surface area contributed by atoms with Crippen LogP contribution in [0.25, 0.3) is 0 Å². The summed E-state index contributed by atoms with van der Waals surface area (Å²) in [7, 11) is 0. The third-order valence-corrected chi connectivity index (χ3v) is 3.22. The minimum absolute atomic E-state index is 0.109. The SMILES string of the molecule is N#Cc1cccc(NC(=O)COC(=O)c2ccc3c(c2)OCO3)c1. The zero-order valence-electron chi connectivity index (χ0n) is 12.4. The number of anilines is 1. The highest BCUT2D eigenvalue weighted by atomic mass is 16.7. The fourth-order valence-corrected chi connectivity index (χ4v) is 2.10. The van der Waals surface area contributed by atoms with Crippen LogP contribution in [0.15, 0.2) is 42.5 Å². The van der Waals surface area contributed by atoms with Gasteiger partial charge in [0.05, 0.1) is 17.2 Å². The van der Waals surface area contributed by atoms with Crippen molar-refractivity contribution < 1.29 is 23.8 Å². The van der Waals surface area contributed by atoms with Crippen molar-refractivity contribution in [3.8, 4) is 17.6 Å². The minimum atomic E-state index is -0.644. The number of fused-ring (bicyclic) bond motifs is 1. The summed E-state index contributed by atoms with van der Waals surface area (Å²) in [6, 6.07) is 13.0. The fourth-order valence-electron chi connectivity index (χ4n) is 2.10. The number of ether oxygens (including phenoxy) is 3. The lowest BCUT2D eigenvalue weighted by Gasteiger charge is -2.07. The zero-order chi connectivity index (χ0) is 16.9. The minimum Gasteiger partial charge on any atom is -0.454 e. The molecule has 0 bridgehead atoms. The Labute approximate surface area is 137 Å². The van der Waals surface area contributed by atoms with E-state index in [0.717, 1.165) is 0 Å². The third kappa shape index (κ3) is 3.44. The van der Waals surface area contributed by atoms with Crippen LogP contribution in [0.1, 0.15) is 15.9 Å². The van der Waals surface area contributed by atoms with E-state index < -0.39 is 18.5 Å². The molecule has 1 amide bonds. The van der Waals surface area contributed by atoms with Gasteiger partial charge in [0, 0.05) is 5.69 Å². The first-order valence-electron chi connectivity index (χ1n) is 7.02. The van der Waals surface area contributed by atoms with Crippen molar-refractivity contribution in [3.05, 3.63) is 53.6 Å². The second-order valence-corrected chi connectivity index (χ2v) is 4.88. The Morgan fingerprint density at radius 2 is 2.00 bits per heavy atom. The van der Waals surface area contributed by atoms with E-state index >= 15 is 0 Å². The normalized spacial score (nSPS) is 11.5. The van der Waals surface area contributed by atoms with Crippen LogP contribution in [0.5, 0.6) is 11.5 Å². The highest BCUT2D eigenvalue weighted by Crippen LogP contribution is 2.32. The molecule has 120 valence electrons. The molecule has 0 saturated carbocycles. The van der Waals surface area contributed by atoms with Crippen molar-refractivity contribution in [2.24, 2.45) is 0 Å². The van der Waals surface area contributed by atoms with E-state index in [2.05, 4.69) is 5.32 Å². The second kappa shape index (κ2) is 6.71. The van der Waals surface area contributed by atoms with Crippen LogP contribution in [0.3, 0.4) is 0 Å². The standard InChI is InChI=1S/C17H12N2O5/c18-8-11-2-1-3-13(6-11)19-16(20)9-22-17(21)12-4-5-14-15(7-12)24-10-23-14/h1-7H,9-10H2,(H,19,20). The number of benzene rings is 2. The zero-order valence-corrected chi connectivity index (χ0v) is 12.4. The van der Waals surface area contributed by atoms with Crippen LogP contribution in [-0.4, -0.2) is 25.3 Å². The number of nitrogens with zero attached hydrogens (tertiary/aromatic N) is 1. The van der Waals surface area contributed by atoms with Gasteiger partial charge in [0.25, 0.3) is 5.91 Å². The van der Waals surface area contributed by atoms with E-state index in [1.54, 1.807) is 24.3 Å². The number of hydrogen-bond acceptors (Lipinski definition) is 6. The van der Waals surface area contributed by atoms with Gasteiger partial charge in [-0.3, -0.25) is 4.79 Å². The van der Waals surface area contributed by atoms with Crippen LogP contribution < -0.4 is 14.8 Å². The molecule has 0 fully saturated rings. The number of hydrogen-bond donors (Lipinski definition) is 1. The summed E-state index contributed by atoms with van der Waals surface area (Å²) >= 11 is 0. The largest absolute Gasteiger partial charge is 0.454 e. The second-order valence-electron chi connectivity index (χ2n) is 4.88. The van der Waals surface area contributed by atoms with E-state index in [-0.39, 0.29) is 12.4 Å². The van der Waals surface area contributed by atoms with Gasteiger partial charge in [-0.25, -0.2) is 4.79 Å². The Morgan fingerprint density at radius 1 is 1.17 bits per heavy atom. The molecule has 0 spiro atoms. The van der Waals surface area contributed by atoms with Gasteiger partial charge in [0.1, 0.15) is 0 Å². The average Bonchev–Trinajstić information content (AvgIpc) is 3.07. The number of nitriles is 1. The number of carbonyl (C=O) groups is 2. The van der Waals surface area contributed by atoms with Gasteiger partial charge in [-0.1, -0.05) is 6.07 Å². The first-order valence-corrected chi connectivity index (χ1v) is 7.02. The fraction of sp³-hybridized carbons (Fsp3) is 0.118. The van der Waals surface area contributed by atoms with Gasteiger partial charge in [-0.15, -0.1) is 0 Å². The molecular formula is C17H12N2O5. The quantitative estimate of drug-likeness (QED) is 0.865. The Morgan fingerprint density at radius 3 is 2.83 bits per heavy atom. The van der Waals surface area contributed by atoms with E-state index in [4.69, 9.17) is 19.5 Å². The molecule has 0 aromatic heterocycles. The van der Waals surface area contributed by atoms with Crippen LogP contribution in [0.4, 0.5) is 5.69 Å². The van der Waals surface area contributed by atoms with E-state index in [1.165, 1.54) is 18.2 Å². The summed E-state index contributed by atoms with van der Waals surface area (Å²) < 4.78 is 15.3. The molecule has 2 aromatic rings. The predicted octanol–water partition coefficient (Wildman–Crippen LogP) is 2.08. The van der Waals surface area contributed by atoms with Crippen molar-refractivity contribution >= 4 is 17.6 Å². The van der Waals surface area contributed by atoms with E-state index in [0.29, 0.717) is 22.7 Å². The highest BCUT2D eigenvalue weighted by molar-refractivity contribution is 5.95. The first kappa shape index (κ1) is 15.4. The predicted molar refractivity (Wildman–Crippen MR) is 82.6 cm³/mol. The van der Waals surface area contributed by atoms with Gasteiger partial charge < -0.3 is 19.5 Å². The van der Waals surface area contributed by atoms with Gasteiger partial charge in [0.15, 0.2) is 18.1 Å². The van der Waals surface area contributed by atoms with Crippen LogP contribution >= 0.6 is 0 Å². The van der Waals surface area contributed by atoms with Crippen LogP contribution in [-0.2, 0) is 9.53 Å². The Balaban J connectivity index is 1.56. The molecule has 7 nitrogen and oxygen atoms in total. The molecule has 2 aromatic carbocycles. The maximum absolute atomic E-state index is 12.0. The molecular weight excluding hydrogens is 312 g/mol. The van der Waals surface area contributed by atoms with Crippen LogP contribution in [0.2, 0.25) is 0 Å². The number of rotatable bonds is 4. The lowest BCUT2D eigenvalue weighted by molar-refractivity contribution is -0.119. The molecule has 1 N–H and O–H groups in total. The smallest absolute Gasteiger partial charge is 0.338 e. The first-order chi connectivity index (χ1) is 11.7. The van der Waals surface area contributed by atoms with Gasteiger partial charge in [0.2, 0.25) is 6.79 Å². The average molecular weight is 324 g/mol. The molecule has 1 aliphatic heterocycles. The molecule has 1 aliphatic rings. The third-order valence-electron chi connectivity index (χ3n) is 3.22. The summed E-state index contributed by atoms with van der Waals surface area (Å²) in [6.07, 6.45) is 0. The van der Waals surface area contributed by atoms with Gasteiger partial charge in [-0.2, -0.15) is 5.26 Å². The number of amides is 1. The Kier molecular flexibility index (Phi) is 4.29. The lowest BCUT2D eigenvalue weighted by Crippen LogP contribution is -2.20. The maximum atomic E-state index is 12.0. The van der Waals surface area contributed by atoms with Crippen molar-refractivity contribution in [2.75, 3.05) is 18.7 Å². The van der Waals surface area contributed by atoms with E-state index in [9.17, 15) is 9.59 Å². The molecule has 0 unspecified atom stereocenters. The molecule has 0 atom stereocenters. The highest BCUT2D eigenvalue weighted by Gasteiger charge is 2.17. The Bertz CT molecular complexity index is 841. The van der Waals surface area contributed by atoms with Crippen LogP contribution in [0, 0.1) is 11.3 Å². The molecule has 1 heterocycles. The molecule has 0 aliphatic carbocycles. The van der Waals surface area contributed by atoms with Crippen molar-refractivity contribution in [1.82, 2.24) is 0 Å². The molecule has 3 rings (SSSR count). The lowest BCUT2D eigenvalue weighted by atomic mass is 10.2. The number of nitrogens with one attached hydrogen (secondary N) is 1. The van der Waals surface area contributed by atoms with Gasteiger partial charge >= 0.3 is 5.97 Å².